The zero-order chi connectivity index (χ0) is 18.7. The SMILES string of the molecule is S=C(N/N=C\c1ccc(OCCc2ccccc2)cc1)Nc1ccccc1. The summed E-state index contributed by atoms with van der Waals surface area (Å²) < 4.78 is 5.78. The van der Waals surface area contributed by atoms with Crippen molar-refractivity contribution in [3.8, 4) is 5.75 Å². The van der Waals surface area contributed by atoms with Crippen LogP contribution < -0.4 is 15.5 Å². The molecule has 3 aromatic carbocycles. The van der Waals surface area contributed by atoms with Gasteiger partial charge in [0, 0.05) is 12.1 Å². The zero-order valence-electron chi connectivity index (χ0n) is 14.8. The van der Waals surface area contributed by atoms with E-state index in [2.05, 4.69) is 28.0 Å². The van der Waals surface area contributed by atoms with Crippen LogP contribution in [-0.2, 0) is 6.42 Å². The molecule has 0 heterocycles. The molecule has 0 bridgehead atoms. The van der Waals surface area contributed by atoms with Gasteiger partial charge in [-0.1, -0.05) is 48.5 Å². The molecule has 2 N–H and O–H groups in total. The van der Waals surface area contributed by atoms with Crippen LogP contribution >= 0.6 is 12.2 Å². The highest BCUT2D eigenvalue weighted by atomic mass is 32.1. The van der Waals surface area contributed by atoms with Crippen molar-refractivity contribution >= 4 is 29.2 Å². The van der Waals surface area contributed by atoms with Gasteiger partial charge in [0.05, 0.1) is 12.8 Å². The molecule has 0 saturated carbocycles. The Bertz CT molecular complexity index is 865. The Morgan fingerprint density at radius 3 is 2.26 bits per heavy atom. The summed E-state index contributed by atoms with van der Waals surface area (Å²) >= 11 is 5.20. The molecular weight excluding hydrogens is 354 g/mol. The Morgan fingerprint density at radius 2 is 1.56 bits per heavy atom. The number of hydrogen-bond donors (Lipinski definition) is 2. The number of hydrazone groups is 1. The fraction of sp³-hybridized carbons (Fsp3) is 0.0909. The summed E-state index contributed by atoms with van der Waals surface area (Å²) in [5, 5.41) is 7.65. The predicted molar refractivity (Wildman–Crippen MR) is 115 cm³/mol. The summed E-state index contributed by atoms with van der Waals surface area (Å²) in [7, 11) is 0. The zero-order valence-corrected chi connectivity index (χ0v) is 15.7. The van der Waals surface area contributed by atoms with Crippen LogP contribution in [0.5, 0.6) is 5.75 Å². The second-order valence-corrected chi connectivity index (χ2v) is 6.25. The van der Waals surface area contributed by atoms with Crippen LogP contribution in [0.15, 0.2) is 90.0 Å². The molecule has 0 fully saturated rings. The quantitative estimate of drug-likeness (QED) is 0.359. The van der Waals surface area contributed by atoms with Crippen molar-refractivity contribution in [2.45, 2.75) is 6.42 Å². The van der Waals surface area contributed by atoms with Gasteiger partial charge in [-0.25, -0.2) is 0 Å². The summed E-state index contributed by atoms with van der Waals surface area (Å²) in [4.78, 5) is 0. The summed E-state index contributed by atoms with van der Waals surface area (Å²) in [5.41, 5.74) is 5.95. The molecule has 0 amide bonds. The maximum Gasteiger partial charge on any atom is 0.191 e. The lowest BCUT2D eigenvalue weighted by Crippen LogP contribution is -2.23. The second kappa shape index (κ2) is 10.1. The Labute approximate surface area is 164 Å². The van der Waals surface area contributed by atoms with Crippen LogP contribution in [-0.4, -0.2) is 17.9 Å². The molecular formula is C22H21N3OS. The monoisotopic (exact) mass is 375 g/mol. The van der Waals surface area contributed by atoms with Crippen molar-refractivity contribution < 1.29 is 4.74 Å². The fourth-order valence-electron chi connectivity index (χ4n) is 2.43. The number of nitrogens with zero attached hydrogens (tertiary/aromatic N) is 1. The maximum atomic E-state index is 5.78. The number of para-hydroxylation sites is 1. The molecule has 0 aliphatic rings. The van der Waals surface area contributed by atoms with Gasteiger partial charge >= 0.3 is 0 Å². The van der Waals surface area contributed by atoms with Crippen molar-refractivity contribution in [1.29, 1.82) is 0 Å². The molecule has 3 aromatic rings. The van der Waals surface area contributed by atoms with Gasteiger partial charge in [0.2, 0.25) is 0 Å². The van der Waals surface area contributed by atoms with E-state index >= 15 is 0 Å². The third-order valence-electron chi connectivity index (χ3n) is 3.79. The smallest absolute Gasteiger partial charge is 0.191 e. The lowest BCUT2D eigenvalue weighted by atomic mass is 10.2. The van der Waals surface area contributed by atoms with Crippen molar-refractivity contribution in [2.75, 3.05) is 11.9 Å². The minimum Gasteiger partial charge on any atom is -0.493 e. The summed E-state index contributed by atoms with van der Waals surface area (Å²) in [6.07, 6.45) is 2.60. The second-order valence-electron chi connectivity index (χ2n) is 5.84. The van der Waals surface area contributed by atoms with Crippen LogP contribution in [0.1, 0.15) is 11.1 Å². The molecule has 0 unspecified atom stereocenters. The third kappa shape index (κ3) is 6.56. The number of rotatable bonds is 7. The Hall–Kier alpha value is -3.18. The van der Waals surface area contributed by atoms with Gasteiger partial charge in [-0.05, 0) is 59.7 Å². The number of hydrogen-bond acceptors (Lipinski definition) is 3. The van der Waals surface area contributed by atoms with Crippen LogP contribution in [0.25, 0.3) is 0 Å². The minimum absolute atomic E-state index is 0.443. The molecule has 0 aliphatic heterocycles. The van der Waals surface area contributed by atoms with Gasteiger partial charge in [0.25, 0.3) is 0 Å². The van der Waals surface area contributed by atoms with Crippen molar-refractivity contribution in [1.82, 2.24) is 5.43 Å². The highest BCUT2D eigenvalue weighted by Crippen LogP contribution is 2.12. The maximum absolute atomic E-state index is 5.78. The molecule has 0 radical (unpaired) electrons. The highest BCUT2D eigenvalue weighted by molar-refractivity contribution is 7.80. The average molecular weight is 375 g/mol. The molecule has 27 heavy (non-hydrogen) atoms. The first-order valence-corrected chi connectivity index (χ1v) is 9.12. The fourth-order valence-corrected chi connectivity index (χ4v) is 2.60. The first kappa shape index (κ1) is 18.6. The molecule has 5 heteroatoms. The van der Waals surface area contributed by atoms with Crippen molar-refractivity contribution in [3.63, 3.8) is 0 Å². The molecule has 0 spiro atoms. The van der Waals surface area contributed by atoms with Gasteiger partial charge in [-0.3, -0.25) is 5.43 Å². The minimum atomic E-state index is 0.443. The third-order valence-corrected chi connectivity index (χ3v) is 3.99. The van der Waals surface area contributed by atoms with E-state index in [1.54, 1.807) is 6.21 Å². The van der Waals surface area contributed by atoms with Gasteiger partial charge in [0.1, 0.15) is 5.75 Å². The first-order valence-electron chi connectivity index (χ1n) is 8.71. The summed E-state index contributed by atoms with van der Waals surface area (Å²) in [5.74, 6) is 0.845. The van der Waals surface area contributed by atoms with Gasteiger partial charge < -0.3 is 10.1 Å². The van der Waals surface area contributed by atoms with Crippen LogP contribution in [0.3, 0.4) is 0 Å². The molecule has 4 nitrogen and oxygen atoms in total. The van der Waals surface area contributed by atoms with Crippen LogP contribution in [0.4, 0.5) is 5.69 Å². The summed E-state index contributed by atoms with van der Waals surface area (Å²) in [6, 6.07) is 27.8. The van der Waals surface area contributed by atoms with E-state index in [1.165, 1.54) is 5.56 Å². The standard InChI is InChI=1S/C22H21N3OS/c27-22(24-20-9-5-2-6-10-20)25-23-17-19-11-13-21(14-12-19)26-16-15-18-7-3-1-4-8-18/h1-14,17H,15-16H2,(H2,24,25,27)/b23-17-. The van der Waals surface area contributed by atoms with E-state index < -0.39 is 0 Å². The van der Waals surface area contributed by atoms with Gasteiger partial charge in [0.15, 0.2) is 5.11 Å². The van der Waals surface area contributed by atoms with Crippen LogP contribution in [0, 0.1) is 0 Å². The number of nitrogens with one attached hydrogen (secondary N) is 2. The Kier molecular flexibility index (Phi) is 6.95. The molecule has 0 aromatic heterocycles. The molecule has 0 saturated heterocycles. The van der Waals surface area contributed by atoms with E-state index in [1.807, 2.05) is 72.8 Å². The Morgan fingerprint density at radius 1 is 0.889 bits per heavy atom. The molecule has 3 rings (SSSR count). The Balaban J connectivity index is 1.41. The number of thiocarbonyl (C=S) groups is 1. The molecule has 136 valence electrons. The number of ether oxygens (including phenoxy) is 1. The van der Waals surface area contributed by atoms with Crippen LogP contribution in [0.2, 0.25) is 0 Å². The molecule has 0 atom stereocenters. The van der Waals surface area contributed by atoms with E-state index in [4.69, 9.17) is 17.0 Å². The number of anilines is 1. The van der Waals surface area contributed by atoms with Crippen molar-refractivity contribution in [3.05, 3.63) is 96.1 Å². The average Bonchev–Trinajstić information content (AvgIpc) is 2.71. The number of benzene rings is 3. The lowest BCUT2D eigenvalue weighted by Gasteiger charge is -2.07. The lowest BCUT2D eigenvalue weighted by molar-refractivity contribution is 0.322. The van der Waals surface area contributed by atoms with E-state index in [0.717, 1.165) is 23.4 Å². The van der Waals surface area contributed by atoms with E-state index in [-0.39, 0.29) is 0 Å². The first-order chi connectivity index (χ1) is 13.3. The van der Waals surface area contributed by atoms with Gasteiger partial charge in [-0.15, -0.1) is 0 Å². The molecule has 0 aliphatic carbocycles. The van der Waals surface area contributed by atoms with E-state index in [0.29, 0.717) is 11.7 Å². The predicted octanol–water partition coefficient (Wildman–Crippen LogP) is 4.63. The van der Waals surface area contributed by atoms with Crippen molar-refractivity contribution in [2.24, 2.45) is 5.10 Å². The summed E-state index contributed by atoms with van der Waals surface area (Å²) in [6.45, 7) is 0.651. The largest absolute Gasteiger partial charge is 0.493 e. The van der Waals surface area contributed by atoms with Gasteiger partial charge in [-0.2, -0.15) is 5.10 Å². The normalized spacial score (nSPS) is 10.5. The highest BCUT2D eigenvalue weighted by Gasteiger charge is 1.97. The van der Waals surface area contributed by atoms with E-state index in [9.17, 15) is 0 Å². The topological polar surface area (TPSA) is 45.7 Å².